The first kappa shape index (κ1) is 13.7. The summed E-state index contributed by atoms with van der Waals surface area (Å²) in [6, 6.07) is 9.58. The van der Waals surface area contributed by atoms with Gasteiger partial charge in [0.25, 0.3) is 0 Å². The van der Waals surface area contributed by atoms with Gasteiger partial charge in [0, 0.05) is 18.0 Å². The predicted octanol–water partition coefficient (Wildman–Crippen LogP) is 2.79. The Bertz CT molecular complexity index is 514. The molecule has 0 aliphatic carbocycles. The van der Waals surface area contributed by atoms with E-state index in [9.17, 15) is 4.79 Å². The molecule has 4 nitrogen and oxygen atoms in total. The molecule has 1 N–H and O–H groups in total. The van der Waals surface area contributed by atoms with Crippen LogP contribution in [0.2, 0.25) is 0 Å². The number of aliphatic carboxylic acids is 1. The van der Waals surface area contributed by atoms with Gasteiger partial charge in [-0.2, -0.15) is 0 Å². The molecule has 0 saturated heterocycles. The average Bonchev–Trinajstić information content (AvgIpc) is 2.89. The third-order valence-corrected chi connectivity index (χ3v) is 3.61. The number of carboxylic acids is 1. The van der Waals surface area contributed by atoms with Crippen molar-refractivity contribution in [2.45, 2.75) is 19.0 Å². The van der Waals surface area contributed by atoms with Crippen LogP contribution >= 0.6 is 11.3 Å². The van der Waals surface area contributed by atoms with Crippen LogP contribution in [0.4, 0.5) is 0 Å². The molecule has 0 aliphatic heterocycles. The van der Waals surface area contributed by atoms with E-state index in [0.717, 1.165) is 11.3 Å². The second-order valence-electron chi connectivity index (χ2n) is 4.42. The summed E-state index contributed by atoms with van der Waals surface area (Å²) in [5.41, 5.74) is 3.78. The molecule has 0 bridgehead atoms. The van der Waals surface area contributed by atoms with E-state index < -0.39 is 5.97 Å². The van der Waals surface area contributed by atoms with Gasteiger partial charge in [0.05, 0.1) is 17.6 Å². The number of thiazole rings is 1. The molecule has 0 spiro atoms. The Balaban J connectivity index is 2.15. The van der Waals surface area contributed by atoms with E-state index in [4.69, 9.17) is 5.11 Å². The maximum atomic E-state index is 11.0. The van der Waals surface area contributed by atoms with E-state index in [0.29, 0.717) is 6.54 Å². The summed E-state index contributed by atoms with van der Waals surface area (Å²) in [6.07, 6.45) is 0.0879. The molecular weight excluding hydrogens is 260 g/mol. The summed E-state index contributed by atoms with van der Waals surface area (Å²) < 4.78 is 0. The Kier molecular flexibility index (Phi) is 4.65. The number of carboxylic acid groups (broad SMARTS) is 1. The van der Waals surface area contributed by atoms with Gasteiger partial charge >= 0.3 is 5.97 Å². The van der Waals surface area contributed by atoms with Gasteiger partial charge in [0.1, 0.15) is 0 Å². The highest BCUT2D eigenvalue weighted by molar-refractivity contribution is 7.07. The molecule has 100 valence electrons. The molecule has 0 radical (unpaired) electrons. The van der Waals surface area contributed by atoms with Gasteiger partial charge in [-0.05, 0) is 12.6 Å². The van der Waals surface area contributed by atoms with E-state index in [1.165, 1.54) is 0 Å². The number of carbonyl (C=O) groups is 1. The molecule has 0 saturated carbocycles. The Hall–Kier alpha value is -1.72. The summed E-state index contributed by atoms with van der Waals surface area (Å²) in [5, 5.41) is 11.1. The second kappa shape index (κ2) is 6.45. The molecule has 19 heavy (non-hydrogen) atoms. The summed E-state index contributed by atoms with van der Waals surface area (Å²) in [4.78, 5) is 17.3. The maximum Gasteiger partial charge on any atom is 0.305 e. The molecule has 1 unspecified atom stereocenters. The average molecular weight is 276 g/mol. The van der Waals surface area contributed by atoms with E-state index in [1.54, 1.807) is 16.8 Å². The summed E-state index contributed by atoms with van der Waals surface area (Å²) >= 11 is 1.55. The number of aromatic nitrogens is 1. The summed E-state index contributed by atoms with van der Waals surface area (Å²) in [7, 11) is 1.93. The third-order valence-electron chi connectivity index (χ3n) is 2.98. The van der Waals surface area contributed by atoms with Crippen molar-refractivity contribution in [1.82, 2.24) is 9.88 Å². The van der Waals surface area contributed by atoms with Crippen molar-refractivity contribution >= 4 is 17.3 Å². The standard InChI is InChI=1S/C14H16N2O2S/c1-16(8-12-9-19-10-15-12)13(7-14(17)18)11-5-3-2-4-6-11/h2-6,9-10,13H,7-8H2,1H3,(H,17,18). The Morgan fingerprint density at radius 3 is 2.74 bits per heavy atom. The van der Waals surface area contributed by atoms with E-state index >= 15 is 0 Å². The maximum absolute atomic E-state index is 11.0. The summed E-state index contributed by atoms with van der Waals surface area (Å²) in [6.45, 7) is 0.649. The lowest BCUT2D eigenvalue weighted by atomic mass is 10.0. The highest BCUT2D eigenvalue weighted by atomic mass is 32.1. The van der Waals surface area contributed by atoms with Crippen LogP contribution in [0.15, 0.2) is 41.2 Å². The monoisotopic (exact) mass is 276 g/mol. The van der Waals surface area contributed by atoms with E-state index in [2.05, 4.69) is 4.98 Å². The third kappa shape index (κ3) is 3.87. The van der Waals surface area contributed by atoms with E-state index in [1.807, 2.05) is 47.7 Å². The van der Waals surface area contributed by atoms with Crippen molar-refractivity contribution in [1.29, 1.82) is 0 Å². The number of benzene rings is 1. The first-order chi connectivity index (χ1) is 9.16. The van der Waals surface area contributed by atoms with Crippen LogP contribution in [-0.4, -0.2) is 28.0 Å². The van der Waals surface area contributed by atoms with Gasteiger partial charge in [-0.1, -0.05) is 30.3 Å². The number of hydrogen-bond acceptors (Lipinski definition) is 4. The first-order valence-electron chi connectivity index (χ1n) is 6.01. The Morgan fingerprint density at radius 1 is 1.42 bits per heavy atom. The molecule has 0 fully saturated rings. The van der Waals surface area contributed by atoms with Crippen molar-refractivity contribution in [3.8, 4) is 0 Å². The number of rotatable bonds is 6. The highest BCUT2D eigenvalue weighted by Gasteiger charge is 2.20. The Morgan fingerprint density at radius 2 is 2.16 bits per heavy atom. The van der Waals surface area contributed by atoms with Crippen molar-refractivity contribution in [3.05, 3.63) is 52.5 Å². The van der Waals surface area contributed by atoms with Gasteiger partial charge in [-0.15, -0.1) is 11.3 Å². The molecule has 5 heteroatoms. The lowest BCUT2D eigenvalue weighted by molar-refractivity contribution is -0.138. The van der Waals surface area contributed by atoms with Crippen molar-refractivity contribution < 1.29 is 9.90 Å². The van der Waals surface area contributed by atoms with Gasteiger partial charge in [-0.3, -0.25) is 9.69 Å². The van der Waals surface area contributed by atoms with Crippen LogP contribution in [0.3, 0.4) is 0 Å². The van der Waals surface area contributed by atoms with Gasteiger partial charge < -0.3 is 5.11 Å². The van der Waals surface area contributed by atoms with Crippen LogP contribution in [0.1, 0.15) is 23.7 Å². The molecule has 1 heterocycles. The van der Waals surface area contributed by atoms with E-state index in [-0.39, 0.29) is 12.5 Å². The summed E-state index contributed by atoms with van der Waals surface area (Å²) in [5.74, 6) is -0.793. The molecule has 0 amide bonds. The van der Waals surface area contributed by atoms with Crippen molar-refractivity contribution in [3.63, 3.8) is 0 Å². The number of hydrogen-bond donors (Lipinski definition) is 1. The fraction of sp³-hybridized carbons (Fsp3) is 0.286. The first-order valence-corrected chi connectivity index (χ1v) is 6.95. The zero-order valence-corrected chi connectivity index (χ0v) is 11.5. The largest absolute Gasteiger partial charge is 0.481 e. The topological polar surface area (TPSA) is 53.4 Å². The second-order valence-corrected chi connectivity index (χ2v) is 5.14. The van der Waals surface area contributed by atoms with Crippen LogP contribution in [0, 0.1) is 0 Å². The lowest BCUT2D eigenvalue weighted by Gasteiger charge is -2.26. The molecule has 2 rings (SSSR count). The van der Waals surface area contributed by atoms with Crippen LogP contribution < -0.4 is 0 Å². The minimum Gasteiger partial charge on any atom is -0.481 e. The van der Waals surface area contributed by atoms with Crippen LogP contribution in [0.5, 0.6) is 0 Å². The normalized spacial score (nSPS) is 12.5. The zero-order valence-electron chi connectivity index (χ0n) is 10.7. The number of nitrogens with zero attached hydrogens (tertiary/aromatic N) is 2. The molecular formula is C14H16N2O2S. The SMILES string of the molecule is CN(Cc1cscn1)C(CC(=O)O)c1ccccc1. The molecule has 1 aromatic heterocycles. The smallest absolute Gasteiger partial charge is 0.305 e. The zero-order chi connectivity index (χ0) is 13.7. The molecule has 1 aromatic carbocycles. The minimum absolute atomic E-state index is 0.0879. The van der Waals surface area contributed by atoms with Gasteiger partial charge in [0.15, 0.2) is 0 Å². The van der Waals surface area contributed by atoms with Crippen molar-refractivity contribution in [2.24, 2.45) is 0 Å². The van der Waals surface area contributed by atoms with Crippen LogP contribution in [-0.2, 0) is 11.3 Å². The Labute approximate surface area is 116 Å². The fourth-order valence-electron chi connectivity index (χ4n) is 2.05. The molecule has 1 atom stereocenters. The molecule has 0 aliphatic rings. The minimum atomic E-state index is -0.793. The van der Waals surface area contributed by atoms with Gasteiger partial charge in [0.2, 0.25) is 0 Å². The fourth-order valence-corrected chi connectivity index (χ4v) is 2.60. The highest BCUT2D eigenvalue weighted by Crippen LogP contribution is 2.24. The predicted molar refractivity (Wildman–Crippen MR) is 75.0 cm³/mol. The molecule has 2 aromatic rings. The van der Waals surface area contributed by atoms with Gasteiger partial charge in [-0.25, -0.2) is 4.98 Å². The lowest BCUT2D eigenvalue weighted by Crippen LogP contribution is -2.26. The van der Waals surface area contributed by atoms with Crippen molar-refractivity contribution in [2.75, 3.05) is 7.05 Å². The van der Waals surface area contributed by atoms with Crippen LogP contribution in [0.25, 0.3) is 0 Å². The quantitative estimate of drug-likeness (QED) is 0.881.